The number of esters is 1. The number of nitrogens with one attached hydrogen (secondary N) is 3. The van der Waals surface area contributed by atoms with Gasteiger partial charge in [0.05, 0.1) is 59.5 Å². The first-order valence-corrected chi connectivity index (χ1v) is 26.9. The van der Waals surface area contributed by atoms with Crippen molar-refractivity contribution >= 4 is 117 Å². The third-order valence-electron chi connectivity index (χ3n) is 8.71. The van der Waals surface area contributed by atoms with E-state index < -0.39 is 108 Å². The SMILES string of the molecule is COC(=O)CSc1cc(N=c2sc(=O)n3n2CCCC3)c(F)cc1Cl.COc1c(Cl)ccc(Cl)c1C(=O)O.O=C(Nc1nc(OC(F)F)cc(OC(F)F)n1)NS(=O)(=O)c1ccccc1C(=O)O.O=C(O)CNCP(=O)(O)O. The lowest BCUT2D eigenvalue weighted by Crippen LogP contribution is -2.35. The number of aromatic nitrogens is 4. The maximum absolute atomic E-state index is 14.3. The van der Waals surface area contributed by atoms with Crippen molar-refractivity contribution in [2.45, 2.75) is 48.9 Å². The quantitative estimate of drug-likeness (QED) is 0.0210. The Hall–Kier alpha value is -6.62. The van der Waals surface area contributed by atoms with Crippen LogP contribution >= 0.6 is 65.5 Å². The first-order chi connectivity index (χ1) is 36.5. The molecule has 8 N–H and O–H groups in total. The minimum atomic E-state index is -4.71. The molecule has 1 aliphatic rings. The Bertz CT molecular complexity index is 3260. The number of benzene rings is 3. The summed E-state index contributed by atoms with van der Waals surface area (Å²) in [5.74, 6) is -7.60. The summed E-state index contributed by atoms with van der Waals surface area (Å²) >= 11 is 19.5. The van der Waals surface area contributed by atoms with Crippen molar-refractivity contribution in [1.82, 2.24) is 29.4 Å². The maximum atomic E-state index is 14.3. The van der Waals surface area contributed by atoms with Crippen molar-refractivity contribution in [3.63, 3.8) is 0 Å². The molecule has 2 amide bonds. The van der Waals surface area contributed by atoms with Gasteiger partial charge in [0.25, 0.3) is 10.0 Å². The number of amides is 2. The lowest BCUT2D eigenvalue weighted by atomic mass is 10.2. The lowest BCUT2D eigenvalue weighted by Gasteiger charge is -2.15. The fraction of sp³-hybridized carbons (Fsp3) is 0.275. The van der Waals surface area contributed by atoms with E-state index in [1.54, 1.807) is 14.7 Å². The topological polar surface area (TPSA) is 376 Å². The van der Waals surface area contributed by atoms with Crippen molar-refractivity contribution in [3.05, 3.63) is 101 Å². The summed E-state index contributed by atoms with van der Waals surface area (Å²) in [7, 11) is -6.18. The van der Waals surface area contributed by atoms with Gasteiger partial charge in [0.1, 0.15) is 22.0 Å². The van der Waals surface area contributed by atoms with Gasteiger partial charge >= 0.3 is 55.6 Å². The van der Waals surface area contributed by atoms with Crippen LogP contribution in [0.4, 0.5) is 38.4 Å². The second-order valence-electron chi connectivity index (χ2n) is 14.2. The van der Waals surface area contributed by atoms with Gasteiger partial charge in [-0.3, -0.25) is 34.3 Å². The van der Waals surface area contributed by atoms with Gasteiger partial charge in [-0.15, -0.1) is 11.8 Å². The first kappa shape index (κ1) is 65.7. The smallest absolute Gasteiger partial charge is 0.388 e. The average molecular weight is 1250 g/mol. The number of aliphatic carboxylic acids is 1. The van der Waals surface area contributed by atoms with E-state index in [4.69, 9.17) is 64.6 Å². The molecule has 2 aromatic heterocycles. The number of fused-ring (bicyclic) bond motifs is 1. The number of hydrogen-bond acceptors (Lipinski definition) is 19. The highest BCUT2D eigenvalue weighted by molar-refractivity contribution is 8.00. The number of methoxy groups -OCH3 is 2. The second-order valence-corrected chi connectivity index (χ2v) is 20.6. The minimum absolute atomic E-state index is 0.0605. The van der Waals surface area contributed by atoms with Gasteiger partial charge in [-0.1, -0.05) is 46.9 Å². The second kappa shape index (κ2) is 30.5. The highest BCUT2D eigenvalue weighted by Gasteiger charge is 2.25. The Morgan fingerprint density at radius 1 is 0.872 bits per heavy atom. The summed E-state index contributed by atoms with van der Waals surface area (Å²) in [6.45, 7) is -5.93. The van der Waals surface area contributed by atoms with Crippen LogP contribution in [0.1, 0.15) is 33.6 Å². The van der Waals surface area contributed by atoms with E-state index in [1.807, 2.05) is 0 Å². The molecule has 26 nitrogen and oxygen atoms in total. The van der Waals surface area contributed by atoms with Gasteiger partial charge < -0.3 is 44.1 Å². The number of alkyl halides is 4. The largest absolute Gasteiger partial charge is 0.494 e. The fourth-order valence-electron chi connectivity index (χ4n) is 5.62. The van der Waals surface area contributed by atoms with E-state index in [0.29, 0.717) is 28.9 Å². The number of sulfonamides is 1. The summed E-state index contributed by atoms with van der Waals surface area (Å²) in [4.78, 5) is 94.2. The highest BCUT2D eigenvalue weighted by atomic mass is 35.5. The zero-order valence-corrected chi connectivity index (χ0v) is 44.9. The number of carboxylic acids is 3. The molecule has 78 heavy (non-hydrogen) atoms. The van der Waals surface area contributed by atoms with Gasteiger partial charge in [0.2, 0.25) is 22.5 Å². The summed E-state index contributed by atoms with van der Waals surface area (Å²) in [5.41, 5.74) is -0.676. The monoisotopic (exact) mass is 1250 g/mol. The first-order valence-electron chi connectivity index (χ1n) is 20.7. The number of rotatable bonds is 18. The molecule has 0 saturated heterocycles. The maximum Gasteiger partial charge on any atom is 0.388 e. The number of aromatic carboxylic acids is 2. The zero-order chi connectivity index (χ0) is 58.7. The Morgan fingerprint density at radius 3 is 1.99 bits per heavy atom. The summed E-state index contributed by atoms with van der Waals surface area (Å²) < 4.78 is 120. The molecular formula is C40H39Cl3F5N8O18PS3. The molecule has 0 bridgehead atoms. The van der Waals surface area contributed by atoms with E-state index in [0.717, 1.165) is 54.1 Å². The third kappa shape index (κ3) is 21.3. The van der Waals surface area contributed by atoms with Crippen LogP contribution in [0, 0.1) is 5.82 Å². The molecule has 0 aliphatic carbocycles. The molecule has 0 radical (unpaired) electrons. The van der Waals surface area contributed by atoms with Crippen LogP contribution in [-0.4, -0.2) is 129 Å². The lowest BCUT2D eigenvalue weighted by molar-refractivity contribution is -0.137. The molecule has 0 fully saturated rings. The Labute approximate surface area is 457 Å². The normalized spacial score (nSPS) is 12.1. The highest BCUT2D eigenvalue weighted by Crippen LogP contribution is 2.35. The van der Waals surface area contributed by atoms with Crippen molar-refractivity contribution in [2.24, 2.45) is 4.99 Å². The molecule has 3 heterocycles. The van der Waals surface area contributed by atoms with E-state index in [2.05, 4.69) is 34.5 Å². The fourth-order valence-corrected chi connectivity index (χ4v) is 9.58. The number of hydrogen-bond donors (Lipinski definition) is 8. The van der Waals surface area contributed by atoms with Gasteiger partial charge in [-0.05, 0) is 60.6 Å². The van der Waals surface area contributed by atoms with E-state index in [1.165, 1.54) is 49.3 Å². The van der Waals surface area contributed by atoms with E-state index in [9.17, 15) is 63.7 Å². The zero-order valence-electron chi connectivity index (χ0n) is 39.3. The number of carbonyl (C=O) groups is 5. The molecule has 38 heteroatoms. The van der Waals surface area contributed by atoms with Crippen LogP contribution in [-0.2, 0) is 42.0 Å². The van der Waals surface area contributed by atoms with Crippen LogP contribution in [0.3, 0.4) is 0 Å². The van der Waals surface area contributed by atoms with E-state index in [-0.39, 0.29) is 42.7 Å². The standard InChI is InChI=1S/C15H15ClFN3O3S2.C14H10F4N4O7S.C8H6Cl2O3.C3H8NO5P/c1-23-13(21)8-24-12-7-11(10(17)6-9(12)16)18-14-19-4-2-3-5-20(19)15(22)25-14;15-11(16)28-8-5-9(29-12(17)18)20-13(19-8)21-14(25)22-30(26,27)7-4-2-1-3-6(7)10(23)24;1-13-7-5(10)3-2-4(9)6(7)8(11)12;5-3(6)1-4-2-10(7,8)9/h6-7H,2-5,8H2,1H3;1-5,11-12H,(H,23,24)(H2,19,20,21,22,25);2-3H,1H3,(H,11,12);4H,1-2H2,(H,5,6)(H2,7,8,9). The molecule has 426 valence electrons. The van der Waals surface area contributed by atoms with Crippen LogP contribution in [0.25, 0.3) is 0 Å². The molecule has 3 aromatic carbocycles. The van der Waals surface area contributed by atoms with Crippen LogP contribution in [0.5, 0.6) is 17.5 Å². The van der Waals surface area contributed by atoms with Gasteiger partial charge in [-0.25, -0.2) is 41.6 Å². The van der Waals surface area contributed by atoms with Gasteiger partial charge in [0, 0.05) is 18.0 Å². The number of thioether (sulfide) groups is 1. The summed E-state index contributed by atoms with van der Waals surface area (Å²) in [6, 6.07) is 8.76. The molecule has 0 spiro atoms. The molecule has 0 saturated carbocycles. The number of ether oxygens (including phenoxy) is 4. The Balaban J connectivity index is 0.000000298. The van der Waals surface area contributed by atoms with Gasteiger partial charge in [-0.2, -0.15) is 27.5 Å². The molecule has 0 atom stereocenters. The minimum Gasteiger partial charge on any atom is -0.494 e. The van der Waals surface area contributed by atoms with Crippen LogP contribution in [0.15, 0.2) is 74.2 Å². The number of carboxylic acid groups (broad SMARTS) is 3. The van der Waals surface area contributed by atoms with E-state index >= 15 is 0 Å². The summed E-state index contributed by atoms with van der Waals surface area (Å²) in [6.07, 6.45) is 1.30. The number of nitrogens with zero attached hydrogens (tertiary/aromatic N) is 5. The number of carbonyl (C=O) groups excluding carboxylic acids is 2. The van der Waals surface area contributed by atoms with Crippen molar-refractivity contribution in [3.8, 4) is 17.5 Å². The van der Waals surface area contributed by atoms with Crippen LogP contribution < -0.4 is 39.2 Å². The van der Waals surface area contributed by atoms with Crippen molar-refractivity contribution in [2.75, 3.05) is 38.1 Å². The molecule has 0 unspecified atom stereocenters. The van der Waals surface area contributed by atoms with Crippen molar-refractivity contribution < 1.29 is 103 Å². The predicted octanol–water partition coefficient (Wildman–Crippen LogP) is 6.18. The van der Waals surface area contributed by atoms with Gasteiger partial charge in [0.15, 0.2) is 5.75 Å². The number of urea groups is 1. The van der Waals surface area contributed by atoms with Crippen molar-refractivity contribution in [1.29, 1.82) is 0 Å². The molecule has 1 aliphatic heterocycles. The molecule has 6 rings (SSSR count). The Kier molecular flexibility index (Phi) is 25.7. The predicted molar refractivity (Wildman–Crippen MR) is 266 cm³/mol. The van der Waals surface area contributed by atoms with Crippen LogP contribution in [0.2, 0.25) is 15.1 Å². The third-order valence-corrected chi connectivity index (χ3v) is 13.7. The average Bonchev–Trinajstić information content (AvgIpc) is 3.65. The molecular weight excluding hydrogens is 1210 g/mol. The summed E-state index contributed by atoms with van der Waals surface area (Å²) in [5, 5.41) is 30.1. The Morgan fingerprint density at radius 2 is 1.46 bits per heavy atom. The molecule has 5 aromatic rings. The number of halogens is 8. The number of anilines is 1.